The molecule has 0 atom stereocenters. The third-order valence-corrected chi connectivity index (χ3v) is 8.35. The zero-order valence-electron chi connectivity index (χ0n) is 24.2. The molecule has 2 heterocycles. The molecule has 0 spiro atoms. The largest absolute Gasteiger partial charge is 0.354 e. The topological polar surface area (TPSA) is 105 Å². The number of aromatic nitrogens is 2. The van der Waals surface area contributed by atoms with Crippen LogP contribution in [-0.4, -0.2) is 51.5 Å². The zero-order chi connectivity index (χ0) is 29.3. The first-order chi connectivity index (χ1) is 20.5. The minimum atomic E-state index is -0.578. The van der Waals surface area contributed by atoms with Gasteiger partial charge in [0.25, 0.3) is 5.56 Å². The summed E-state index contributed by atoms with van der Waals surface area (Å²) in [5.41, 5.74) is 2.04. The molecule has 1 fully saturated rings. The predicted molar refractivity (Wildman–Crippen MR) is 164 cm³/mol. The average molecular weight is 572 g/mol. The van der Waals surface area contributed by atoms with Crippen LogP contribution in [0.5, 0.6) is 0 Å². The monoisotopic (exact) mass is 571 g/mol. The first-order valence-electron chi connectivity index (χ1n) is 15.2. The number of hydrogen-bond donors (Lipinski definition) is 2. The number of piperidine rings is 1. The summed E-state index contributed by atoms with van der Waals surface area (Å²) in [6.07, 6.45) is 9.37. The number of likely N-dealkylation sites (tertiary alicyclic amines) is 1. The van der Waals surface area contributed by atoms with E-state index in [4.69, 9.17) is 0 Å². The minimum Gasteiger partial charge on any atom is -0.354 e. The number of fused-ring (bicyclic) bond motifs is 1. The summed E-state index contributed by atoms with van der Waals surface area (Å²) in [4.78, 5) is 54.7. The molecule has 1 saturated heterocycles. The second-order valence-electron chi connectivity index (χ2n) is 11.4. The summed E-state index contributed by atoms with van der Waals surface area (Å²) in [7, 11) is 0. The number of allylic oxidation sites excluding steroid dienone is 1. The van der Waals surface area contributed by atoms with Gasteiger partial charge in [0.1, 0.15) is 6.54 Å². The summed E-state index contributed by atoms with van der Waals surface area (Å²) >= 11 is 0. The zero-order valence-corrected chi connectivity index (χ0v) is 24.2. The van der Waals surface area contributed by atoms with Crippen LogP contribution in [0.3, 0.4) is 0 Å². The summed E-state index contributed by atoms with van der Waals surface area (Å²) in [6, 6.07) is 17.2. The molecular weight excluding hydrogens is 530 g/mol. The van der Waals surface area contributed by atoms with Gasteiger partial charge in [0.2, 0.25) is 11.8 Å². The van der Waals surface area contributed by atoms with Crippen molar-refractivity contribution in [1.29, 1.82) is 0 Å². The van der Waals surface area contributed by atoms with Crippen LogP contribution in [0.15, 0.2) is 75.8 Å². The van der Waals surface area contributed by atoms with Gasteiger partial charge < -0.3 is 10.6 Å². The Kier molecular flexibility index (Phi) is 10.0. The van der Waals surface area contributed by atoms with Gasteiger partial charge in [-0.2, -0.15) is 0 Å². The molecule has 3 aromatic rings. The van der Waals surface area contributed by atoms with Crippen LogP contribution in [0.4, 0.5) is 0 Å². The van der Waals surface area contributed by atoms with Gasteiger partial charge in [-0.25, -0.2) is 4.79 Å². The number of nitrogens with one attached hydrogen (secondary N) is 2. The smallest absolute Gasteiger partial charge is 0.331 e. The second-order valence-corrected chi connectivity index (χ2v) is 11.4. The summed E-state index contributed by atoms with van der Waals surface area (Å²) in [6.45, 7) is 2.98. The molecule has 1 aromatic heterocycles. The lowest BCUT2D eigenvalue weighted by Gasteiger charge is -2.32. The third kappa shape index (κ3) is 7.64. The fourth-order valence-electron chi connectivity index (χ4n) is 6.00. The van der Waals surface area contributed by atoms with E-state index in [2.05, 4.69) is 33.7 Å². The number of rotatable bonds is 11. The lowest BCUT2D eigenvalue weighted by Crippen LogP contribution is -2.46. The van der Waals surface area contributed by atoms with Crippen LogP contribution in [0.2, 0.25) is 0 Å². The highest BCUT2D eigenvalue weighted by molar-refractivity contribution is 5.81. The molecule has 0 bridgehead atoms. The Balaban J connectivity index is 1.18. The Bertz CT molecular complexity index is 1530. The van der Waals surface area contributed by atoms with E-state index in [0.717, 1.165) is 56.3 Å². The molecule has 0 radical (unpaired) electrons. The quantitative estimate of drug-likeness (QED) is 0.344. The van der Waals surface area contributed by atoms with Gasteiger partial charge in [-0.05, 0) is 62.6 Å². The van der Waals surface area contributed by atoms with E-state index < -0.39 is 11.2 Å². The maximum absolute atomic E-state index is 13.4. The molecule has 0 saturated carbocycles. The molecule has 2 aliphatic rings. The highest BCUT2D eigenvalue weighted by Gasteiger charge is 2.21. The van der Waals surface area contributed by atoms with Gasteiger partial charge in [0.15, 0.2) is 0 Å². The van der Waals surface area contributed by atoms with E-state index in [0.29, 0.717) is 17.4 Å². The van der Waals surface area contributed by atoms with Crippen LogP contribution in [0.25, 0.3) is 10.9 Å². The van der Waals surface area contributed by atoms with Gasteiger partial charge in [0.05, 0.1) is 10.9 Å². The highest BCUT2D eigenvalue weighted by Crippen LogP contribution is 2.19. The van der Waals surface area contributed by atoms with Crippen molar-refractivity contribution in [2.45, 2.75) is 77.0 Å². The SMILES string of the molecule is O=C(Cn1c(=O)n(CCC(=O)NC2CCN(Cc3ccccc3)CC2)c(=O)c2ccccc21)NCCC1=CCCCC1. The Morgan fingerprint density at radius 1 is 0.881 bits per heavy atom. The van der Waals surface area contributed by atoms with Gasteiger partial charge in [-0.3, -0.25) is 28.4 Å². The molecule has 2 N–H and O–H groups in total. The maximum Gasteiger partial charge on any atom is 0.331 e. The molecule has 1 aliphatic carbocycles. The van der Waals surface area contributed by atoms with E-state index >= 15 is 0 Å². The number of hydrogen-bond acceptors (Lipinski definition) is 5. The fraction of sp³-hybridized carbons (Fsp3) is 0.455. The van der Waals surface area contributed by atoms with Gasteiger partial charge in [0, 0.05) is 45.2 Å². The summed E-state index contributed by atoms with van der Waals surface area (Å²) in [5, 5.41) is 6.36. The Hall–Kier alpha value is -3.98. The lowest BCUT2D eigenvalue weighted by molar-refractivity contribution is -0.123. The van der Waals surface area contributed by atoms with Crippen molar-refractivity contribution in [1.82, 2.24) is 24.7 Å². The minimum absolute atomic E-state index is 0.0129. The molecular formula is C33H41N5O4. The van der Waals surface area contributed by atoms with E-state index in [9.17, 15) is 19.2 Å². The van der Waals surface area contributed by atoms with Crippen molar-refractivity contribution in [3.8, 4) is 0 Å². The standard InChI is InChI=1S/C33H41N5O4/c39-30(35-27-16-20-36(21-17-27)23-26-11-5-2-6-12-26)18-22-37-32(41)28-13-7-8-14-29(28)38(33(37)42)24-31(40)34-19-15-25-9-3-1-4-10-25/h2,5-9,11-14,27H,1,3-4,10,15-24H2,(H,34,40)(H,35,39). The van der Waals surface area contributed by atoms with Gasteiger partial charge in [-0.1, -0.05) is 54.1 Å². The number of amides is 2. The van der Waals surface area contributed by atoms with Crippen molar-refractivity contribution in [2.24, 2.45) is 0 Å². The van der Waals surface area contributed by atoms with E-state index in [-0.39, 0.29) is 37.4 Å². The van der Waals surface area contributed by atoms with Crippen LogP contribution in [-0.2, 0) is 29.2 Å². The second kappa shape index (κ2) is 14.3. The lowest BCUT2D eigenvalue weighted by atomic mass is 9.97. The first-order valence-corrected chi connectivity index (χ1v) is 15.2. The maximum atomic E-state index is 13.4. The van der Waals surface area contributed by atoms with Crippen molar-refractivity contribution in [2.75, 3.05) is 19.6 Å². The van der Waals surface area contributed by atoms with Crippen molar-refractivity contribution in [3.63, 3.8) is 0 Å². The van der Waals surface area contributed by atoms with Crippen LogP contribution in [0.1, 0.15) is 56.9 Å². The van der Waals surface area contributed by atoms with Crippen molar-refractivity contribution >= 4 is 22.7 Å². The molecule has 5 rings (SSSR count). The Morgan fingerprint density at radius 3 is 2.40 bits per heavy atom. The van der Waals surface area contributed by atoms with Crippen LogP contribution in [0, 0.1) is 0 Å². The highest BCUT2D eigenvalue weighted by atomic mass is 16.2. The normalized spacial score (nSPS) is 16.2. The fourth-order valence-corrected chi connectivity index (χ4v) is 6.00. The Morgan fingerprint density at radius 2 is 1.64 bits per heavy atom. The summed E-state index contributed by atoms with van der Waals surface area (Å²) in [5.74, 6) is -0.461. The Labute approximate surface area is 246 Å². The van der Waals surface area contributed by atoms with E-state index in [1.807, 2.05) is 18.2 Å². The van der Waals surface area contributed by atoms with E-state index in [1.54, 1.807) is 24.3 Å². The molecule has 222 valence electrons. The average Bonchev–Trinajstić information content (AvgIpc) is 3.01. The molecule has 1 aliphatic heterocycles. The number of benzene rings is 2. The number of carbonyl (C=O) groups excluding carboxylic acids is 2. The molecule has 0 unspecified atom stereocenters. The molecule has 9 nitrogen and oxygen atoms in total. The molecule has 2 amide bonds. The third-order valence-electron chi connectivity index (χ3n) is 8.35. The van der Waals surface area contributed by atoms with Crippen molar-refractivity contribution in [3.05, 3.63) is 92.6 Å². The first kappa shape index (κ1) is 29.5. The predicted octanol–water partition coefficient (Wildman–Crippen LogP) is 3.34. The van der Waals surface area contributed by atoms with Crippen LogP contribution < -0.4 is 21.9 Å². The number of para-hydroxylation sites is 1. The number of nitrogens with zero attached hydrogens (tertiary/aromatic N) is 3. The molecule has 9 heteroatoms. The van der Waals surface area contributed by atoms with Crippen molar-refractivity contribution < 1.29 is 9.59 Å². The molecule has 2 aromatic carbocycles. The van der Waals surface area contributed by atoms with Gasteiger partial charge in [-0.15, -0.1) is 0 Å². The summed E-state index contributed by atoms with van der Waals surface area (Å²) < 4.78 is 2.43. The van der Waals surface area contributed by atoms with E-state index in [1.165, 1.54) is 28.5 Å². The molecule has 42 heavy (non-hydrogen) atoms. The van der Waals surface area contributed by atoms with Crippen LogP contribution >= 0.6 is 0 Å². The number of carbonyl (C=O) groups is 2. The van der Waals surface area contributed by atoms with Gasteiger partial charge >= 0.3 is 5.69 Å².